The van der Waals surface area contributed by atoms with Crippen LogP contribution in [0.15, 0.2) is 0 Å². The maximum atomic E-state index is 11.0. The van der Waals surface area contributed by atoms with Crippen molar-refractivity contribution in [2.75, 3.05) is 19.6 Å². The Kier molecular flexibility index (Phi) is 4.86. The lowest BCUT2D eigenvalue weighted by atomic mass is 10.0. The van der Waals surface area contributed by atoms with Gasteiger partial charge in [-0.25, -0.2) is 5.84 Å². The number of piperidine rings is 1. The molecule has 0 spiro atoms. The standard InChI is InChI=1S/C9H19N3O2/c1-8-3-2-5-12(7-8)6-4-9(13)14-11-10/h8,11H,2-7,10H2,1H3. The molecule has 0 aromatic carbocycles. The largest absolute Gasteiger partial charge is 0.356 e. The zero-order valence-corrected chi connectivity index (χ0v) is 8.66. The highest BCUT2D eigenvalue weighted by atomic mass is 16.7. The maximum absolute atomic E-state index is 11.0. The number of carbonyl (C=O) groups excluding carboxylic acids is 1. The Hall–Kier alpha value is -0.650. The summed E-state index contributed by atoms with van der Waals surface area (Å²) >= 11 is 0. The lowest BCUT2D eigenvalue weighted by Crippen LogP contribution is -2.36. The lowest BCUT2D eigenvalue weighted by Gasteiger charge is -2.30. The Morgan fingerprint density at radius 1 is 1.71 bits per heavy atom. The first-order valence-electron chi connectivity index (χ1n) is 5.10. The Labute approximate surface area is 84.5 Å². The van der Waals surface area contributed by atoms with Gasteiger partial charge in [0.25, 0.3) is 0 Å². The molecule has 1 rings (SSSR count). The van der Waals surface area contributed by atoms with Crippen molar-refractivity contribution < 1.29 is 9.63 Å². The van der Waals surface area contributed by atoms with Crippen molar-refractivity contribution in [3.63, 3.8) is 0 Å². The molecule has 1 fully saturated rings. The summed E-state index contributed by atoms with van der Waals surface area (Å²) in [6.07, 6.45) is 2.92. The second kappa shape index (κ2) is 5.95. The third kappa shape index (κ3) is 4.04. The van der Waals surface area contributed by atoms with Crippen LogP contribution in [0.3, 0.4) is 0 Å². The normalized spacial score (nSPS) is 23.4. The minimum atomic E-state index is -0.300. The second-order valence-corrected chi connectivity index (χ2v) is 3.89. The van der Waals surface area contributed by atoms with Crippen molar-refractivity contribution in [2.24, 2.45) is 11.8 Å². The topological polar surface area (TPSA) is 67.6 Å². The molecule has 14 heavy (non-hydrogen) atoms. The van der Waals surface area contributed by atoms with Gasteiger partial charge in [-0.3, -0.25) is 4.79 Å². The zero-order valence-electron chi connectivity index (χ0n) is 8.66. The molecule has 0 saturated carbocycles. The van der Waals surface area contributed by atoms with Gasteiger partial charge < -0.3 is 9.74 Å². The summed E-state index contributed by atoms with van der Waals surface area (Å²) in [5.74, 6) is 5.30. The number of likely N-dealkylation sites (tertiary alicyclic amines) is 1. The molecule has 3 N–H and O–H groups in total. The fraction of sp³-hybridized carbons (Fsp3) is 0.889. The Balaban J connectivity index is 2.14. The van der Waals surface area contributed by atoms with Gasteiger partial charge in [0, 0.05) is 13.1 Å². The van der Waals surface area contributed by atoms with Crippen LogP contribution in [-0.2, 0) is 9.63 Å². The Morgan fingerprint density at radius 3 is 3.14 bits per heavy atom. The van der Waals surface area contributed by atoms with Crippen LogP contribution in [0.5, 0.6) is 0 Å². The molecule has 1 heterocycles. The van der Waals surface area contributed by atoms with E-state index in [1.807, 2.05) is 5.59 Å². The fourth-order valence-corrected chi connectivity index (χ4v) is 1.86. The summed E-state index contributed by atoms with van der Waals surface area (Å²) in [5, 5.41) is 0. The first-order chi connectivity index (χ1) is 6.72. The first-order valence-corrected chi connectivity index (χ1v) is 5.10. The summed E-state index contributed by atoms with van der Waals surface area (Å²) < 4.78 is 0. The van der Waals surface area contributed by atoms with Crippen molar-refractivity contribution >= 4 is 5.97 Å². The number of nitrogens with one attached hydrogen (secondary N) is 1. The minimum Gasteiger partial charge on any atom is -0.356 e. The number of carbonyl (C=O) groups is 1. The molecule has 1 aliphatic heterocycles. The number of nitrogens with zero attached hydrogens (tertiary/aromatic N) is 1. The van der Waals surface area contributed by atoms with Crippen LogP contribution in [0.25, 0.3) is 0 Å². The second-order valence-electron chi connectivity index (χ2n) is 3.89. The van der Waals surface area contributed by atoms with E-state index in [-0.39, 0.29) is 5.97 Å². The van der Waals surface area contributed by atoms with Gasteiger partial charge in [-0.2, -0.15) is 0 Å². The zero-order chi connectivity index (χ0) is 10.4. The minimum absolute atomic E-state index is 0.300. The fourth-order valence-electron chi connectivity index (χ4n) is 1.86. The van der Waals surface area contributed by atoms with Crippen LogP contribution in [0, 0.1) is 5.92 Å². The summed E-state index contributed by atoms with van der Waals surface area (Å²) in [6.45, 7) is 5.19. The van der Waals surface area contributed by atoms with Gasteiger partial charge in [-0.15, -0.1) is 0 Å². The highest BCUT2D eigenvalue weighted by molar-refractivity contribution is 5.69. The van der Waals surface area contributed by atoms with E-state index >= 15 is 0 Å². The lowest BCUT2D eigenvalue weighted by molar-refractivity contribution is -0.151. The molecule has 0 radical (unpaired) electrons. The molecule has 1 atom stereocenters. The molecule has 0 amide bonds. The van der Waals surface area contributed by atoms with Crippen LogP contribution in [0.1, 0.15) is 26.2 Å². The van der Waals surface area contributed by atoms with Crippen molar-refractivity contribution in [2.45, 2.75) is 26.2 Å². The van der Waals surface area contributed by atoms with Gasteiger partial charge in [0.15, 0.2) is 0 Å². The van der Waals surface area contributed by atoms with Crippen LogP contribution in [-0.4, -0.2) is 30.5 Å². The summed E-state index contributed by atoms with van der Waals surface area (Å²) in [7, 11) is 0. The molecule has 1 saturated heterocycles. The third-order valence-electron chi connectivity index (χ3n) is 2.55. The maximum Gasteiger partial charge on any atom is 0.327 e. The Morgan fingerprint density at radius 2 is 2.50 bits per heavy atom. The van der Waals surface area contributed by atoms with Crippen molar-refractivity contribution in [1.82, 2.24) is 10.5 Å². The molecular weight excluding hydrogens is 182 g/mol. The molecule has 0 aromatic heterocycles. The quantitative estimate of drug-likeness (QED) is 0.496. The average Bonchev–Trinajstić information content (AvgIpc) is 2.15. The van der Waals surface area contributed by atoms with Crippen molar-refractivity contribution in [3.05, 3.63) is 0 Å². The Bertz CT molecular complexity index is 187. The molecule has 5 heteroatoms. The van der Waals surface area contributed by atoms with Gasteiger partial charge in [0.05, 0.1) is 6.42 Å². The highest BCUT2D eigenvalue weighted by Crippen LogP contribution is 2.15. The average molecular weight is 201 g/mol. The van der Waals surface area contributed by atoms with Crippen molar-refractivity contribution in [1.29, 1.82) is 0 Å². The smallest absolute Gasteiger partial charge is 0.327 e. The molecule has 0 bridgehead atoms. The van der Waals surface area contributed by atoms with Crippen LogP contribution in [0.2, 0.25) is 0 Å². The molecule has 1 unspecified atom stereocenters. The summed E-state index contributed by atoms with van der Waals surface area (Å²) in [6, 6.07) is 0. The van der Waals surface area contributed by atoms with Crippen LogP contribution >= 0.6 is 0 Å². The molecule has 0 aliphatic carbocycles. The number of rotatable bonds is 4. The van der Waals surface area contributed by atoms with Gasteiger partial charge in [-0.1, -0.05) is 12.5 Å². The predicted octanol–water partition coefficient (Wildman–Crippen LogP) is 0.0299. The van der Waals surface area contributed by atoms with E-state index in [0.29, 0.717) is 6.42 Å². The highest BCUT2D eigenvalue weighted by Gasteiger charge is 2.16. The van der Waals surface area contributed by atoms with E-state index in [9.17, 15) is 4.79 Å². The molecular formula is C9H19N3O2. The molecule has 1 aliphatic rings. The van der Waals surface area contributed by atoms with Crippen molar-refractivity contribution in [3.8, 4) is 0 Å². The predicted molar refractivity (Wildman–Crippen MR) is 52.9 cm³/mol. The van der Waals surface area contributed by atoms with Gasteiger partial charge in [0.2, 0.25) is 0 Å². The number of hydrazine groups is 1. The molecule has 82 valence electrons. The van der Waals surface area contributed by atoms with E-state index < -0.39 is 0 Å². The van der Waals surface area contributed by atoms with E-state index in [2.05, 4.69) is 16.7 Å². The third-order valence-corrected chi connectivity index (χ3v) is 2.55. The number of hydrogen-bond acceptors (Lipinski definition) is 5. The van der Waals surface area contributed by atoms with Gasteiger partial charge in [0.1, 0.15) is 0 Å². The summed E-state index contributed by atoms with van der Waals surface area (Å²) in [5.41, 5.74) is 1.90. The molecule has 5 nitrogen and oxygen atoms in total. The SMILES string of the molecule is CC1CCCN(CCC(=O)ONN)C1. The van der Waals surface area contributed by atoms with Crippen LogP contribution in [0.4, 0.5) is 0 Å². The first kappa shape index (κ1) is 11.4. The van der Waals surface area contributed by atoms with Gasteiger partial charge >= 0.3 is 5.97 Å². The van der Waals surface area contributed by atoms with Gasteiger partial charge in [-0.05, 0) is 25.3 Å². The molecule has 0 aromatic rings. The van der Waals surface area contributed by atoms with E-state index in [0.717, 1.165) is 25.6 Å². The van der Waals surface area contributed by atoms with E-state index in [1.165, 1.54) is 12.8 Å². The monoisotopic (exact) mass is 201 g/mol. The van der Waals surface area contributed by atoms with Crippen LogP contribution < -0.4 is 11.4 Å². The summed E-state index contributed by atoms with van der Waals surface area (Å²) in [4.78, 5) is 17.7. The number of hydrogen-bond donors (Lipinski definition) is 2. The number of nitrogens with two attached hydrogens (primary N) is 1. The van der Waals surface area contributed by atoms with E-state index in [1.54, 1.807) is 0 Å². The van der Waals surface area contributed by atoms with E-state index in [4.69, 9.17) is 5.84 Å².